The van der Waals surface area contributed by atoms with Gasteiger partial charge in [0.1, 0.15) is 0 Å². The molecule has 1 saturated heterocycles. The molecule has 0 aromatic heterocycles. The van der Waals surface area contributed by atoms with Crippen molar-refractivity contribution in [3.63, 3.8) is 0 Å². The van der Waals surface area contributed by atoms with E-state index in [1.165, 1.54) is 0 Å². The molecule has 0 unspecified atom stereocenters. The van der Waals surface area contributed by atoms with E-state index in [0.717, 1.165) is 19.3 Å². The highest BCUT2D eigenvalue weighted by Gasteiger charge is 2.37. The lowest BCUT2D eigenvalue weighted by molar-refractivity contribution is -0.146. The maximum atomic E-state index is 12.6. The van der Waals surface area contributed by atoms with Crippen molar-refractivity contribution in [2.45, 2.75) is 40.0 Å². The summed E-state index contributed by atoms with van der Waals surface area (Å²) in [7, 11) is 0. The Labute approximate surface area is 140 Å². The first-order valence-electron chi connectivity index (χ1n) is 8.13. The van der Waals surface area contributed by atoms with Crippen LogP contribution in [0.15, 0.2) is 0 Å². The van der Waals surface area contributed by atoms with Gasteiger partial charge in [-0.15, -0.1) is 12.4 Å². The van der Waals surface area contributed by atoms with Gasteiger partial charge in [0.25, 0.3) is 0 Å². The number of carbonyl (C=O) groups is 2. The fraction of sp³-hybridized carbons (Fsp3) is 0.875. The number of hydrogen-bond donors (Lipinski definition) is 1. The minimum Gasteiger partial charge on any atom is -0.339 e. The second-order valence-electron chi connectivity index (χ2n) is 7.40. The average molecular weight is 332 g/mol. The highest BCUT2D eigenvalue weighted by atomic mass is 35.5. The highest BCUT2D eigenvalue weighted by Crippen LogP contribution is 2.32. The van der Waals surface area contributed by atoms with E-state index in [4.69, 9.17) is 5.73 Å². The molecule has 2 fully saturated rings. The van der Waals surface area contributed by atoms with Crippen LogP contribution in [0.25, 0.3) is 0 Å². The molecule has 0 spiro atoms. The second-order valence-corrected chi connectivity index (χ2v) is 7.40. The molecule has 2 atom stereocenters. The first-order valence-corrected chi connectivity index (χ1v) is 8.13. The van der Waals surface area contributed by atoms with Crippen LogP contribution in [0.2, 0.25) is 0 Å². The summed E-state index contributed by atoms with van der Waals surface area (Å²) >= 11 is 0. The summed E-state index contributed by atoms with van der Waals surface area (Å²) in [4.78, 5) is 28.7. The molecule has 0 aromatic rings. The third kappa shape index (κ3) is 4.13. The van der Waals surface area contributed by atoms with Crippen LogP contribution in [0.1, 0.15) is 40.0 Å². The maximum Gasteiger partial charge on any atom is 0.228 e. The number of nitrogens with two attached hydrogens (primary N) is 1. The van der Waals surface area contributed by atoms with Crippen LogP contribution < -0.4 is 5.73 Å². The summed E-state index contributed by atoms with van der Waals surface area (Å²) in [5.74, 6) is 0.896. The van der Waals surface area contributed by atoms with Crippen molar-refractivity contribution >= 4 is 24.2 Å². The lowest BCUT2D eigenvalue weighted by Crippen LogP contribution is -2.54. The van der Waals surface area contributed by atoms with Gasteiger partial charge in [-0.05, 0) is 25.3 Å². The third-order valence-electron chi connectivity index (χ3n) is 4.80. The van der Waals surface area contributed by atoms with Gasteiger partial charge in [0.15, 0.2) is 0 Å². The number of nitrogens with zero attached hydrogens (tertiary/aromatic N) is 2. The van der Waals surface area contributed by atoms with Crippen molar-refractivity contribution in [3.05, 3.63) is 0 Å². The van der Waals surface area contributed by atoms with E-state index in [2.05, 4.69) is 0 Å². The summed E-state index contributed by atoms with van der Waals surface area (Å²) in [6.07, 6.45) is 3.16. The molecule has 1 aliphatic heterocycles. The fourth-order valence-corrected chi connectivity index (χ4v) is 3.48. The number of hydrogen-bond acceptors (Lipinski definition) is 3. The molecular formula is C16H30ClN3O2. The zero-order valence-electron chi connectivity index (χ0n) is 14.0. The number of carbonyl (C=O) groups excluding carboxylic acids is 2. The van der Waals surface area contributed by atoms with Crippen LogP contribution in [0.5, 0.6) is 0 Å². The smallest absolute Gasteiger partial charge is 0.228 e. The van der Waals surface area contributed by atoms with Crippen molar-refractivity contribution in [2.75, 3.05) is 32.7 Å². The monoisotopic (exact) mass is 331 g/mol. The van der Waals surface area contributed by atoms with E-state index in [0.29, 0.717) is 38.6 Å². The Hall–Kier alpha value is -0.810. The molecule has 22 heavy (non-hydrogen) atoms. The van der Waals surface area contributed by atoms with Gasteiger partial charge < -0.3 is 15.5 Å². The molecule has 0 bridgehead atoms. The van der Waals surface area contributed by atoms with Crippen LogP contribution in [0.3, 0.4) is 0 Å². The molecule has 1 heterocycles. The molecule has 6 heteroatoms. The Morgan fingerprint density at radius 1 is 1.05 bits per heavy atom. The van der Waals surface area contributed by atoms with Crippen molar-refractivity contribution < 1.29 is 9.59 Å². The van der Waals surface area contributed by atoms with Gasteiger partial charge in [0.05, 0.1) is 0 Å². The predicted octanol–water partition coefficient (Wildman–Crippen LogP) is 1.50. The summed E-state index contributed by atoms with van der Waals surface area (Å²) in [6.45, 7) is 9.07. The molecule has 2 aliphatic rings. The average Bonchev–Trinajstić information content (AvgIpc) is 2.93. The van der Waals surface area contributed by atoms with Crippen LogP contribution in [-0.4, -0.2) is 54.3 Å². The van der Waals surface area contributed by atoms with E-state index in [9.17, 15) is 9.59 Å². The summed E-state index contributed by atoms with van der Waals surface area (Å²) in [6, 6.07) is 0. The number of piperazine rings is 1. The Kier molecular flexibility index (Phi) is 6.68. The fourth-order valence-electron chi connectivity index (χ4n) is 3.48. The third-order valence-corrected chi connectivity index (χ3v) is 4.80. The van der Waals surface area contributed by atoms with Crippen LogP contribution >= 0.6 is 12.4 Å². The molecular weight excluding hydrogens is 302 g/mol. The van der Waals surface area contributed by atoms with Crippen molar-refractivity contribution in [2.24, 2.45) is 23.0 Å². The topological polar surface area (TPSA) is 66.6 Å². The van der Waals surface area contributed by atoms with Crippen molar-refractivity contribution in [3.8, 4) is 0 Å². The molecule has 1 saturated carbocycles. The van der Waals surface area contributed by atoms with Gasteiger partial charge >= 0.3 is 0 Å². The normalized spacial score (nSPS) is 25.8. The minimum absolute atomic E-state index is 0. The largest absolute Gasteiger partial charge is 0.339 e. The van der Waals surface area contributed by atoms with Crippen LogP contribution in [-0.2, 0) is 9.59 Å². The molecule has 0 aromatic carbocycles. The Morgan fingerprint density at radius 3 is 2.09 bits per heavy atom. The summed E-state index contributed by atoms with van der Waals surface area (Å²) in [5, 5.41) is 0. The molecule has 0 radical (unpaired) electrons. The van der Waals surface area contributed by atoms with Gasteiger partial charge in [0, 0.05) is 37.5 Å². The highest BCUT2D eigenvalue weighted by molar-refractivity contribution is 5.85. The minimum atomic E-state index is -0.345. The summed E-state index contributed by atoms with van der Waals surface area (Å²) < 4.78 is 0. The quantitative estimate of drug-likeness (QED) is 0.834. The van der Waals surface area contributed by atoms with Gasteiger partial charge in [-0.25, -0.2) is 0 Å². The molecule has 5 nitrogen and oxygen atoms in total. The molecule has 128 valence electrons. The van der Waals surface area contributed by atoms with Crippen molar-refractivity contribution in [1.29, 1.82) is 0 Å². The van der Waals surface area contributed by atoms with E-state index >= 15 is 0 Å². The predicted molar refractivity (Wildman–Crippen MR) is 89.7 cm³/mol. The van der Waals surface area contributed by atoms with Crippen LogP contribution in [0.4, 0.5) is 0 Å². The van der Waals surface area contributed by atoms with Crippen molar-refractivity contribution in [1.82, 2.24) is 9.80 Å². The van der Waals surface area contributed by atoms with Gasteiger partial charge in [-0.2, -0.15) is 0 Å². The number of rotatable bonds is 2. The molecule has 2 N–H and O–H groups in total. The van der Waals surface area contributed by atoms with Gasteiger partial charge in [0.2, 0.25) is 11.8 Å². The number of amides is 2. The first kappa shape index (κ1) is 19.2. The number of halogens is 1. The maximum absolute atomic E-state index is 12.6. The Bertz CT molecular complexity index is 401. The molecule has 1 aliphatic carbocycles. The SMILES string of the molecule is CC(C)(C)C(=O)N1CCN(C(=O)[C@@H]2CCC[C@@H]2CN)CC1.Cl. The summed E-state index contributed by atoms with van der Waals surface area (Å²) in [5.41, 5.74) is 5.43. The lowest BCUT2D eigenvalue weighted by Gasteiger charge is -2.39. The Balaban J connectivity index is 0.00000242. The van der Waals surface area contributed by atoms with E-state index < -0.39 is 0 Å². The van der Waals surface area contributed by atoms with E-state index in [1.54, 1.807) is 0 Å². The Morgan fingerprint density at radius 2 is 1.59 bits per heavy atom. The standard InChI is InChI=1S/C16H29N3O2.ClH/c1-16(2,3)15(21)19-9-7-18(8-10-19)14(20)13-6-4-5-12(13)11-17;/h12-13H,4-11,17H2,1-3H3;1H/t12-,13-;/m1./s1. The van der Waals surface area contributed by atoms with Crippen LogP contribution in [0, 0.1) is 17.3 Å². The van der Waals surface area contributed by atoms with Gasteiger partial charge in [-0.3, -0.25) is 9.59 Å². The van der Waals surface area contributed by atoms with E-state index in [-0.39, 0.29) is 35.6 Å². The zero-order valence-corrected chi connectivity index (χ0v) is 14.8. The second kappa shape index (κ2) is 7.64. The van der Waals surface area contributed by atoms with Gasteiger partial charge in [-0.1, -0.05) is 27.2 Å². The van der Waals surface area contributed by atoms with E-state index in [1.807, 2.05) is 30.6 Å². The lowest BCUT2D eigenvalue weighted by atomic mass is 9.93. The molecule has 2 rings (SSSR count). The molecule has 2 amide bonds. The zero-order chi connectivity index (χ0) is 15.6. The first-order chi connectivity index (χ1) is 9.84.